The monoisotopic (exact) mass is 292 g/mol. The molecule has 0 aliphatic heterocycles. The standard InChI is InChI=1S/C17H24O4/c1-4-5-6-7-10-13(2)21-17(19)15-12-9-8-11-14(15)16(18)20-3/h8-9,11-13H,4-7,10H2,1-3H3. The predicted octanol–water partition coefficient (Wildman–Crippen LogP) is 3.99. The smallest absolute Gasteiger partial charge is 0.339 e. The Morgan fingerprint density at radius 1 is 1.05 bits per heavy atom. The van der Waals surface area contributed by atoms with Crippen LogP contribution in [0.15, 0.2) is 24.3 Å². The summed E-state index contributed by atoms with van der Waals surface area (Å²) in [7, 11) is 1.29. The van der Waals surface area contributed by atoms with E-state index in [1.54, 1.807) is 24.3 Å². The highest BCUT2D eigenvalue weighted by atomic mass is 16.5. The maximum Gasteiger partial charge on any atom is 0.339 e. The van der Waals surface area contributed by atoms with Gasteiger partial charge in [-0.05, 0) is 31.9 Å². The number of ether oxygens (including phenoxy) is 2. The largest absolute Gasteiger partial charge is 0.465 e. The van der Waals surface area contributed by atoms with Crippen molar-refractivity contribution in [3.8, 4) is 0 Å². The van der Waals surface area contributed by atoms with Crippen LogP contribution in [0.2, 0.25) is 0 Å². The summed E-state index contributed by atoms with van der Waals surface area (Å²) < 4.78 is 10.1. The molecule has 0 bridgehead atoms. The summed E-state index contributed by atoms with van der Waals surface area (Å²) in [6, 6.07) is 6.54. The lowest BCUT2D eigenvalue weighted by atomic mass is 10.1. The molecule has 0 saturated carbocycles. The van der Waals surface area contributed by atoms with Gasteiger partial charge in [-0.25, -0.2) is 9.59 Å². The van der Waals surface area contributed by atoms with Crippen LogP contribution in [-0.4, -0.2) is 25.2 Å². The van der Waals surface area contributed by atoms with Crippen molar-refractivity contribution in [1.82, 2.24) is 0 Å². The first-order valence-electron chi connectivity index (χ1n) is 7.48. The zero-order valence-electron chi connectivity index (χ0n) is 13.1. The number of methoxy groups -OCH3 is 1. The molecule has 0 aromatic heterocycles. The molecule has 4 heteroatoms. The summed E-state index contributed by atoms with van der Waals surface area (Å²) >= 11 is 0. The van der Waals surface area contributed by atoms with Crippen LogP contribution >= 0.6 is 0 Å². The molecule has 0 aliphatic rings. The normalized spacial score (nSPS) is 11.8. The summed E-state index contributed by atoms with van der Waals surface area (Å²) in [6.45, 7) is 4.04. The second kappa shape index (κ2) is 9.16. The quantitative estimate of drug-likeness (QED) is 0.537. The molecule has 1 rings (SSSR count). The SMILES string of the molecule is CCCCCCC(C)OC(=O)c1ccccc1C(=O)OC. The van der Waals surface area contributed by atoms with Gasteiger partial charge in [-0.15, -0.1) is 0 Å². The van der Waals surface area contributed by atoms with Crippen LogP contribution in [0, 0.1) is 0 Å². The lowest BCUT2D eigenvalue weighted by molar-refractivity contribution is 0.0311. The fourth-order valence-corrected chi connectivity index (χ4v) is 2.11. The lowest BCUT2D eigenvalue weighted by Gasteiger charge is -2.14. The van der Waals surface area contributed by atoms with E-state index in [2.05, 4.69) is 11.7 Å². The summed E-state index contributed by atoms with van der Waals surface area (Å²) in [5, 5.41) is 0. The third kappa shape index (κ3) is 5.58. The Morgan fingerprint density at radius 3 is 2.24 bits per heavy atom. The first-order chi connectivity index (χ1) is 10.1. The van der Waals surface area contributed by atoms with Gasteiger partial charge in [0.25, 0.3) is 0 Å². The van der Waals surface area contributed by atoms with Crippen molar-refractivity contribution in [1.29, 1.82) is 0 Å². The van der Waals surface area contributed by atoms with Crippen LogP contribution in [0.3, 0.4) is 0 Å². The molecule has 0 saturated heterocycles. The van der Waals surface area contributed by atoms with E-state index >= 15 is 0 Å². The molecule has 1 atom stereocenters. The fourth-order valence-electron chi connectivity index (χ4n) is 2.11. The van der Waals surface area contributed by atoms with E-state index in [1.165, 1.54) is 20.0 Å². The van der Waals surface area contributed by atoms with E-state index in [4.69, 9.17) is 4.74 Å². The summed E-state index contributed by atoms with van der Waals surface area (Å²) in [6.07, 6.45) is 5.26. The van der Waals surface area contributed by atoms with Crippen molar-refractivity contribution >= 4 is 11.9 Å². The molecule has 4 nitrogen and oxygen atoms in total. The van der Waals surface area contributed by atoms with Crippen LogP contribution in [0.4, 0.5) is 0 Å². The highest BCUT2D eigenvalue weighted by Crippen LogP contribution is 2.15. The second-order valence-electron chi connectivity index (χ2n) is 5.10. The predicted molar refractivity (Wildman–Crippen MR) is 81.4 cm³/mol. The number of benzene rings is 1. The molecule has 0 amide bonds. The number of hydrogen-bond acceptors (Lipinski definition) is 4. The van der Waals surface area contributed by atoms with E-state index < -0.39 is 11.9 Å². The van der Waals surface area contributed by atoms with E-state index in [0.29, 0.717) is 0 Å². The molecule has 21 heavy (non-hydrogen) atoms. The fraction of sp³-hybridized carbons (Fsp3) is 0.529. The Labute approximate surface area is 126 Å². The van der Waals surface area contributed by atoms with Gasteiger partial charge in [0.1, 0.15) is 0 Å². The molecule has 1 aromatic carbocycles. The van der Waals surface area contributed by atoms with Gasteiger partial charge in [0.2, 0.25) is 0 Å². The molecule has 0 aliphatic carbocycles. The molecule has 1 unspecified atom stereocenters. The Hall–Kier alpha value is -1.84. The van der Waals surface area contributed by atoms with Crippen LogP contribution in [0.1, 0.15) is 66.7 Å². The van der Waals surface area contributed by atoms with Crippen molar-refractivity contribution in [2.45, 2.75) is 52.1 Å². The summed E-state index contributed by atoms with van der Waals surface area (Å²) in [5.74, 6) is -1.00. The van der Waals surface area contributed by atoms with E-state index in [0.717, 1.165) is 19.3 Å². The Kier molecular flexibility index (Phi) is 7.51. The highest BCUT2D eigenvalue weighted by Gasteiger charge is 2.19. The molecule has 0 fully saturated rings. The van der Waals surface area contributed by atoms with Crippen LogP contribution < -0.4 is 0 Å². The minimum Gasteiger partial charge on any atom is -0.465 e. The first-order valence-corrected chi connectivity index (χ1v) is 7.48. The van der Waals surface area contributed by atoms with Crippen molar-refractivity contribution in [3.05, 3.63) is 35.4 Å². The van der Waals surface area contributed by atoms with Gasteiger partial charge >= 0.3 is 11.9 Å². The number of esters is 2. The van der Waals surface area contributed by atoms with Gasteiger partial charge in [-0.3, -0.25) is 0 Å². The number of unbranched alkanes of at least 4 members (excludes halogenated alkanes) is 3. The molecular weight excluding hydrogens is 268 g/mol. The summed E-state index contributed by atoms with van der Waals surface area (Å²) in [4.78, 5) is 23.8. The van der Waals surface area contributed by atoms with Crippen molar-refractivity contribution in [2.75, 3.05) is 7.11 Å². The zero-order chi connectivity index (χ0) is 15.7. The Morgan fingerprint density at radius 2 is 1.67 bits per heavy atom. The van der Waals surface area contributed by atoms with E-state index in [9.17, 15) is 9.59 Å². The molecule has 116 valence electrons. The second-order valence-corrected chi connectivity index (χ2v) is 5.10. The van der Waals surface area contributed by atoms with Gasteiger partial charge in [0.15, 0.2) is 0 Å². The molecule has 0 N–H and O–H groups in total. The number of carbonyl (C=O) groups excluding carboxylic acids is 2. The third-order valence-electron chi connectivity index (χ3n) is 3.32. The van der Waals surface area contributed by atoms with Crippen LogP contribution in [0.25, 0.3) is 0 Å². The van der Waals surface area contributed by atoms with Gasteiger partial charge in [0, 0.05) is 0 Å². The maximum absolute atomic E-state index is 12.2. The molecule has 0 heterocycles. The van der Waals surface area contributed by atoms with Gasteiger partial charge in [-0.2, -0.15) is 0 Å². The molecule has 0 spiro atoms. The summed E-state index contributed by atoms with van der Waals surface area (Å²) in [5.41, 5.74) is 0.493. The van der Waals surface area contributed by atoms with Gasteiger partial charge in [0.05, 0.1) is 24.3 Å². The number of hydrogen-bond donors (Lipinski definition) is 0. The third-order valence-corrected chi connectivity index (χ3v) is 3.32. The van der Waals surface area contributed by atoms with Crippen molar-refractivity contribution < 1.29 is 19.1 Å². The highest BCUT2D eigenvalue weighted by molar-refractivity contribution is 6.03. The first kappa shape index (κ1) is 17.2. The van der Waals surface area contributed by atoms with Crippen LogP contribution in [0.5, 0.6) is 0 Å². The lowest BCUT2D eigenvalue weighted by Crippen LogP contribution is -2.18. The van der Waals surface area contributed by atoms with Crippen LogP contribution in [-0.2, 0) is 9.47 Å². The minimum absolute atomic E-state index is 0.153. The van der Waals surface area contributed by atoms with E-state index in [1.807, 2.05) is 6.92 Å². The van der Waals surface area contributed by atoms with E-state index in [-0.39, 0.29) is 17.2 Å². The van der Waals surface area contributed by atoms with Crippen molar-refractivity contribution in [2.24, 2.45) is 0 Å². The zero-order valence-corrected chi connectivity index (χ0v) is 13.1. The average Bonchev–Trinajstić information content (AvgIpc) is 2.50. The average molecular weight is 292 g/mol. The van der Waals surface area contributed by atoms with Crippen molar-refractivity contribution in [3.63, 3.8) is 0 Å². The Balaban J connectivity index is 2.61. The number of rotatable bonds is 8. The molecule has 0 radical (unpaired) electrons. The topological polar surface area (TPSA) is 52.6 Å². The Bertz CT molecular complexity index is 468. The number of carbonyl (C=O) groups is 2. The minimum atomic E-state index is -0.529. The maximum atomic E-state index is 12.2. The molecular formula is C17H24O4. The molecule has 1 aromatic rings. The van der Waals surface area contributed by atoms with Gasteiger partial charge < -0.3 is 9.47 Å². The van der Waals surface area contributed by atoms with Gasteiger partial charge in [-0.1, -0.05) is 38.3 Å².